The van der Waals surface area contributed by atoms with Crippen molar-refractivity contribution in [2.75, 3.05) is 0 Å². The molecule has 1 aromatic rings. The predicted molar refractivity (Wildman–Crippen MR) is 64.0 cm³/mol. The van der Waals surface area contributed by atoms with E-state index in [1.807, 2.05) is 36.4 Å². The van der Waals surface area contributed by atoms with Crippen LogP contribution < -0.4 is 5.32 Å². The van der Waals surface area contributed by atoms with Crippen molar-refractivity contribution in [3.63, 3.8) is 0 Å². The lowest BCUT2D eigenvalue weighted by atomic mass is 10.2. The lowest BCUT2D eigenvalue weighted by molar-refractivity contribution is 0.137. The van der Waals surface area contributed by atoms with Gasteiger partial charge in [0.2, 0.25) is 0 Å². The molecule has 0 aliphatic heterocycles. The standard InChI is InChI=1S/C13H14N2O2/c1-2-12(8-9-14)15-13(16)17-10-11-6-4-3-5-7-11/h2-7,12H,1,8,10H2,(H,15,16)/t12-/m1/s1. The quantitative estimate of drug-likeness (QED) is 0.790. The summed E-state index contributed by atoms with van der Waals surface area (Å²) in [6, 6.07) is 11.0. The Morgan fingerprint density at radius 3 is 2.82 bits per heavy atom. The molecule has 0 heterocycles. The van der Waals surface area contributed by atoms with E-state index in [0.29, 0.717) is 0 Å². The number of benzene rings is 1. The van der Waals surface area contributed by atoms with E-state index in [-0.39, 0.29) is 19.1 Å². The van der Waals surface area contributed by atoms with Crippen LogP contribution in [-0.2, 0) is 11.3 Å². The molecule has 0 spiro atoms. The Kier molecular flexibility index (Phi) is 5.32. The number of hydrogen-bond acceptors (Lipinski definition) is 3. The van der Waals surface area contributed by atoms with Crippen LogP contribution in [0.5, 0.6) is 0 Å². The third-order valence-electron chi connectivity index (χ3n) is 2.11. The third kappa shape index (κ3) is 4.85. The summed E-state index contributed by atoms with van der Waals surface area (Å²) in [7, 11) is 0. The minimum atomic E-state index is -0.547. The maximum atomic E-state index is 11.4. The smallest absolute Gasteiger partial charge is 0.407 e. The highest BCUT2D eigenvalue weighted by Crippen LogP contribution is 2.01. The van der Waals surface area contributed by atoms with E-state index in [1.165, 1.54) is 6.08 Å². The maximum Gasteiger partial charge on any atom is 0.407 e. The van der Waals surface area contributed by atoms with Crippen molar-refractivity contribution in [2.24, 2.45) is 0 Å². The van der Waals surface area contributed by atoms with Gasteiger partial charge in [-0.05, 0) is 5.56 Å². The molecule has 1 amide bonds. The van der Waals surface area contributed by atoms with E-state index in [0.717, 1.165) is 5.56 Å². The van der Waals surface area contributed by atoms with Crippen molar-refractivity contribution in [3.05, 3.63) is 48.6 Å². The van der Waals surface area contributed by atoms with Crippen LogP contribution in [0, 0.1) is 11.3 Å². The first kappa shape index (κ1) is 12.8. The molecule has 0 aliphatic rings. The van der Waals surface area contributed by atoms with E-state index >= 15 is 0 Å². The van der Waals surface area contributed by atoms with Crippen LogP contribution in [0.3, 0.4) is 0 Å². The lowest BCUT2D eigenvalue weighted by Crippen LogP contribution is -2.33. The maximum absolute atomic E-state index is 11.4. The number of nitriles is 1. The zero-order chi connectivity index (χ0) is 12.5. The van der Waals surface area contributed by atoms with Gasteiger partial charge in [0, 0.05) is 0 Å². The number of rotatable bonds is 5. The van der Waals surface area contributed by atoms with Gasteiger partial charge in [-0.1, -0.05) is 36.4 Å². The zero-order valence-corrected chi connectivity index (χ0v) is 9.43. The molecule has 4 heteroatoms. The Bertz CT molecular complexity index is 409. The minimum absolute atomic E-state index is 0.184. The fraction of sp³-hybridized carbons (Fsp3) is 0.231. The van der Waals surface area contributed by atoms with Crippen LogP contribution in [0.25, 0.3) is 0 Å². The first-order valence-corrected chi connectivity index (χ1v) is 5.23. The summed E-state index contributed by atoms with van der Waals surface area (Å²) in [6.07, 6.45) is 1.14. The number of nitrogens with one attached hydrogen (secondary N) is 1. The molecule has 1 aromatic carbocycles. The largest absolute Gasteiger partial charge is 0.445 e. The summed E-state index contributed by atoms with van der Waals surface area (Å²) >= 11 is 0. The predicted octanol–water partition coefficient (Wildman–Crippen LogP) is 2.38. The Labute approximate surface area is 101 Å². The molecule has 1 atom stereocenters. The molecule has 0 bridgehead atoms. The van der Waals surface area contributed by atoms with Crippen LogP contribution >= 0.6 is 0 Å². The van der Waals surface area contributed by atoms with E-state index in [4.69, 9.17) is 10.00 Å². The summed E-state index contributed by atoms with van der Waals surface area (Å²) < 4.78 is 5.00. The van der Waals surface area contributed by atoms with Gasteiger partial charge in [-0.15, -0.1) is 6.58 Å². The molecule has 0 aliphatic carbocycles. The van der Waals surface area contributed by atoms with Crippen molar-refractivity contribution in [2.45, 2.75) is 19.1 Å². The van der Waals surface area contributed by atoms with Gasteiger partial charge in [0.05, 0.1) is 18.5 Å². The van der Waals surface area contributed by atoms with E-state index in [9.17, 15) is 4.79 Å². The van der Waals surface area contributed by atoms with Crippen LogP contribution in [0.4, 0.5) is 4.79 Å². The first-order chi connectivity index (χ1) is 8.26. The Balaban J connectivity index is 2.35. The van der Waals surface area contributed by atoms with Gasteiger partial charge in [-0.25, -0.2) is 4.79 Å². The van der Waals surface area contributed by atoms with Gasteiger partial charge in [0.15, 0.2) is 0 Å². The number of alkyl carbamates (subject to hydrolysis) is 1. The molecule has 0 saturated carbocycles. The second-order valence-electron chi connectivity index (χ2n) is 3.41. The number of amides is 1. The first-order valence-electron chi connectivity index (χ1n) is 5.23. The van der Waals surface area contributed by atoms with Crippen LogP contribution in [-0.4, -0.2) is 12.1 Å². The van der Waals surface area contributed by atoms with Crippen LogP contribution in [0.2, 0.25) is 0 Å². The average molecular weight is 230 g/mol. The molecule has 0 unspecified atom stereocenters. The second kappa shape index (κ2) is 7.07. The number of carbonyl (C=O) groups excluding carboxylic acids is 1. The lowest BCUT2D eigenvalue weighted by Gasteiger charge is -2.11. The van der Waals surface area contributed by atoms with Gasteiger partial charge >= 0.3 is 6.09 Å². The number of carbonyl (C=O) groups is 1. The Hall–Kier alpha value is -2.28. The molecular weight excluding hydrogens is 216 g/mol. The Morgan fingerprint density at radius 2 is 2.24 bits per heavy atom. The normalized spacial score (nSPS) is 11.0. The fourth-order valence-corrected chi connectivity index (χ4v) is 1.21. The molecule has 0 radical (unpaired) electrons. The summed E-state index contributed by atoms with van der Waals surface area (Å²) in [5.41, 5.74) is 0.915. The highest BCUT2D eigenvalue weighted by molar-refractivity contribution is 5.67. The number of nitrogens with zero attached hydrogens (tertiary/aromatic N) is 1. The van der Waals surface area contributed by atoms with Gasteiger partial charge < -0.3 is 10.1 Å². The molecule has 0 fully saturated rings. The molecule has 88 valence electrons. The van der Waals surface area contributed by atoms with Crippen LogP contribution in [0.15, 0.2) is 43.0 Å². The van der Waals surface area contributed by atoms with Crippen molar-refractivity contribution >= 4 is 6.09 Å². The molecule has 1 rings (SSSR count). The third-order valence-corrected chi connectivity index (χ3v) is 2.11. The second-order valence-corrected chi connectivity index (χ2v) is 3.41. The summed E-state index contributed by atoms with van der Waals surface area (Å²) in [4.78, 5) is 11.4. The number of ether oxygens (including phenoxy) is 1. The van der Waals surface area contributed by atoms with E-state index < -0.39 is 6.09 Å². The molecule has 17 heavy (non-hydrogen) atoms. The van der Waals surface area contributed by atoms with Crippen molar-refractivity contribution in [3.8, 4) is 6.07 Å². The topological polar surface area (TPSA) is 62.1 Å². The van der Waals surface area contributed by atoms with Crippen molar-refractivity contribution < 1.29 is 9.53 Å². The molecule has 0 saturated heterocycles. The van der Waals surface area contributed by atoms with Crippen molar-refractivity contribution in [1.82, 2.24) is 5.32 Å². The van der Waals surface area contributed by atoms with Gasteiger partial charge in [-0.2, -0.15) is 5.26 Å². The molecular formula is C13H14N2O2. The summed E-state index contributed by atoms with van der Waals surface area (Å²) in [5, 5.41) is 11.0. The average Bonchev–Trinajstić information content (AvgIpc) is 2.37. The molecule has 4 nitrogen and oxygen atoms in total. The highest BCUT2D eigenvalue weighted by atomic mass is 16.5. The SMILES string of the molecule is C=C[C@H](CC#N)NC(=O)OCc1ccccc1. The molecule has 0 aromatic heterocycles. The summed E-state index contributed by atoms with van der Waals surface area (Å²) in [5.74, 6) is 0. The molecule has 1 N–H and O–H groups in total. The summed E-state index contributed by atoms with van der Waals surface area (Å²) in [6.45, 7) is 3.74. The van der Waals surface area contributed by atoms with E-state index in [1.54, 1.807) is 0 Å². The van der Waals surface area contributed by atoms with Gasteiger partial charge in [0.25, 0.3) is 0 Å². The highest BCUT2D eigenvalue weighted by Gasteiger charge is 2.08. The number of hydrogen-bond donors (Lipinski definition) is 1. The monoisotopic (exact) mass is 230 g/mol. The Morgan fingerprint density at radius 1 is 1.53 bits per heavy atom. The van der Waals surface area contributed by atoms with E-state index in [2.05, 4.69) is 11.9 Å². The van der Waals surface area contributed by atoms with Gasteiger partial charge in [0.1, 0.15) is 6.61 Å². The minimum Gasteiger partial charge on any atom is -0.445 e. The van der Waals surface area contributed by atoms with Crippen LogP contribution in [0.1, 0.15) is 12.0 Å². The zero-order valence-electron chi connectivity index (χ0n) is 9.43. The van der Waals surface area contributed by atoms with Crippen molar-refractivity contribution in [1.29, 1.82) is 5.26 Å². The van der Waals surface area contributed by atoms with Gasteiger partial charge in [-0.3, -0.25) is 0 Å². The fourth-order valence-electron chi connectivity index (χ4n) is 1.21.